The number of carboxylic acids is 1. The van der Waals surface area contributed by atoms with Crippen LogP contribution in [-0.4, -0.2) is 30.6 Å². The zero-order valence-electron chi connectivity index (χ0n) is 5.53. The van der Waals surface area contributed by atoms with Crippen LogP contribution in [0.4, 0.5) is 8.78 Å². The molecule has 0 heterocycles. The van der Waals surface area contributed by atoms with Crippen LogP contribution in [0, 0.1) is 0 Å². The van der Waals surface area contributed by atoms with Crippen LogP contribution in [0.3, 0.4) is 0 Å². The van der Waals surface area contributed by atoms with Crippen molar-refractivity contribution in [2.75, 3.05) is 13.6 Å². The molecule has 0 fully saturated rings. The lowest BCUT2D eigenvalue weighted by molar-refractivity contribution is -0.165. The Balaban J connectivity index is 3.75. The summed E-state index contributed by atoms with van der Waals surface area (Å²) in [4.78, 5) is 9.75. The van der Waals surface area contributed by atoms with E-state index in [1.807, 2.05) is 0 Å². The molecule has 10 heavy (non-hydrogen) atoms. The Bertz CT molecular complexity index is 127. The third-order valence-corrected chi connectivity index (χ3v) is 1.00. The summed E-state index contributed by atoms with van der Waals surface area (Å²) in [7, 11) is 1.48. The highest BCUT2D eigenvalue weighted by Gasteiger charge is 2.37. The standard InChI is InChI=1S/C5H9F2NO2/c1-8-3-2-5(6,7)4(9)10/h8H,2-3H2,1H3,(H,9,10). The first-order valence-corrected chi connectivity index (χ1v) is 2.76. The van der Waals surface area contributed by atoms with Gasteiger partial charge in [0.2, 0.25) is 0 Å². The zero-order valence-corrected chi connectivity index (χ0v) is 5.53. The SMILES string of the molecule is CNCCC(F)(F)C(=O)O. The van der Waals surface area contributed by atoms with Gasteiger partial charge >= 0.3 is 11.9 Å². The molecular formula is C5H9F2NO2. The average Bonchev–Trinajstić information content (AvgIpc) is 1.84. The highest BCUT2D eigenvalue weighted by Crippen LogP contribution is 2.16. The van der Waals surface area contributed by atoms with E-state index in [0.717, 1.165) is 0 Å². The number of carbonyl (C=O) groups is 1. The molecule has 2 N–H and O–H groups in total. The van der Waals surface area contributed by atoms with Gasteiger partial charge in [-0.05, 0) is 7.05 Å². The maximum Gasteiger partial charge on any atom is 0.374 e. The van der Waals surface area contributed by atoms with Gasteiger partial charge in [-0.25, -0.2) is 4.79 Å². The van der Waals surface area contributed by atoms with Crippen molar-refractivity contribution >= 4 is 5.97 Å². The summed E-state index contributed by atoms with van der Waals surface area (Å²) in [5.74, 6) is -5.66. The van der Waals surface area contributed by atoms with E-state index in [9.17, 15) is 13.6 Å². The fraction of sp³-hybridized carbons (Fsp3) is 0.800. The Morgan fingerprint density at radius 3 is 2.50 bits per heavy atom. The number of aliphatic carboxylic acids is 1. The molecule has 0 aromatic carbocycles. The van der Waals surface area contributed by atoms with Gasteiger partial charge in [0.25, 0.3) is 0 Å². The lowest BCUT2D eigenvalue weighted by Gasteiger charge is -2.09. The predicted octanol–water partition coefficient (Wildman–Crippen LogP) is 0.316. The Hall–Kier alpha value is -0.710. The van der Waals surface area contributed by atoms with Crippen LogP contribution >= 0.6 is 0 Å². The highest BCUT2D eigenvalue weighted by atomic mass is 19.3. The van der Waals surface area contributed by atoms with E-state index in [1.54, 1.807) is 0 Å². The first kappa shape index (κ1) is 9.29. The van der Waals surface area contributed by atoms with Crippen LogP contribution < -0.4 is 5.32 Å². The summed E-state index contributed by atoms with van der Waals surface area (Å²) in [6, 6.07) is 0. The van der Waals surface area contributed by atoms with Crippen molar-refractivity contribution in [3.8, 4) is 0 Å². The fourth-order valence-electron chi connectivity index (χ4n) is 0.389. The highest BCUT2D eigenvalue weighted by molar-refractivity contribution is 5.75. The molecule has 0 amide bonds. The summed E-state index contributed by atoms with van der Waals surface area (Å²) in [6.07, 6.45) is -0.668. The number of rotatable bonds is 4. The van der Waals surface area contributed by atoms with Gasteiger partial charge < -0.3 is 10.4 Å². The Morgan fingerprint density at radius 2 is 2.20 bits per heavy atom. The molecule has 5 heteroatoms. The number of hydrogen-bond donors (Lipinski definition) is 2. The fourth-order valence-corrected chi connectivity index (χ4v) is 0.389. The van der Waals surface area contributed by atoms with E-state index in [-0.39, 0.29) is 6.54 Å². The van der Waals surface area contributed by atoms with Crippen LogP contribution in [0.15, 0.2) is 0 Å². The quantitative estimate of drug-likeness (QED) is 0.611. The number of halogens is 2. The van der Waals surface area contributed by atoms with Crippen LogP contribution in [0.1, 0.15) is 6.42 Å². The van der Waals surface area contributed by atoms with Crippen molar-refractivity contribution in [1.29, 1.82) is 0 Å². The third-order valence-electron chi connectivity index (χ3n) is 1.00. The van der Waals surface area contributed by atoms with Crippen molar-refractivity contribution in [2.24, 2.45) is 0 Å². The molecule has 0 atom stereocenters. The van der Waals surface area contributed by atoms with Gasteiger partial charge in [0.05, 0.1) is 0 Å². The van der Waals surface area contributed by atoms with Crippen molar-refractivity contribution < 1.29 is 18.7 Å². The summed E-state index contributed by atoms with van der Waals surface area (Å²) in [5.41, 5.74) is 0. The molecule has 0 aliphatic carbocycles. The third kappa shape index (κ3) is 2.72. The van der Waals surface area contributed by atoms with Gasteiger partial charge in [-0.1, -0.05) is 0 Å². The smallest absolute Gasteiger partial charge is 0.374 e. The largest absolute Gasteiger partial charge is 0.477 e. The van der Waals surface area contributed by atoms with Gasteiger partial charge in [0, 0.05) is 13.0 Å². The molecule has 0 unspecified atom stereocenters. The molecular weight excluding hydrogens is 144 g/mol. The molecule has 0 saturated carbocycles. The molecule has 3 nitrogen and oxygen atoms in total. The van der Waals surface area contributed by atoms with Crippen LogP contribution in [0.2, 0.25) is 0 Å². The molecule has 0 aliphatic rings. The van der Waals surface area contributed by atoms with E-state index in [4.69, 9.17) is 5.11 Å². The van der Waals surface area contributed by atoms with Gasteiger partial charge in [-0.3, -0.25) is 0 Å². The summed E-state index contributed by atoms with van der Waals surface area (Å²) < 4.78 is 24.2. The van der Waals surface area contributed by atoms with Crippen LogP contribution in [0.25, 0.3) is 0 Å². The molecule has 60 valence electrons. The summed E-state index contributed by atoms with van der Waals surface area (Å²) in [6.45, 7) is -0.000694. The topological polar surface area (TPSA) is 49.3 Å². The van der Waals surface area contributed by atoms with Crippen LogP contribution in [-0.2, 0) is 4.79 Å². The van der Waals surface area contributed by atoms with Gasteiger partial charge in [-0.15, -0.1) is 0 Å². The van der Waals surface area contributed by atoms with E-state index < -0.39 is 18.3 Å². The molecule has 0 rings (SSSR count). The van der Waals surface area contributed by atoms with E-state index in [1.165, 1.54) is 7.05 Å². The number of alkyl halides is 2. The Morgan fingerprint density at radius 1 is 1.70 bits per heavy atom. The second kappa shape index (κ2) is 3.46. The summed E-state index contributed by atoms with van der Waals surface area (Å²) in [5, 5.41) is 10.3. The monoisotopic (exact) mass is 153 g/mol. The number of hydrogen-bond acceptors (Lipinski definition) is 2. The van der Waals surface area contributed by atoms with Crippen molar-refractivity contribution in [2.45, 2.75) is 12.3 Å². The zero-order chi connectivity index (χ0) is 8.20. The normalized spacial score (nSPS) is 11.5. The van der Waals surface area contributed by atoms with Gasteiger partial charge in [0.1, 0.15) is 0 Å². The lowest BCUT2D eigenvalue weighted by atomic mass is 10.2. The second-order valence-electron chi connectivity index (χ2n) is 1.86. The second-order valence-corrected chi connectivity index (χ2v) is 1.86. The lowest BCUT2D eigenvalue weighted by Crippen LogP contribution is -2.31. The Kier molecular flexibility index (Phi) is 3.21. The molecule has 0 saturated heterocycles. The minimum Gasteiger partial charge on any atom is -0.477 e. The van der Waals surface area contributed by atoms with E-state index in [0.29, 0.717) is 0 Å². The first-order chi connectivity index (χ1) is 4.50. The van der Waals surface area contributed by atoms with Gasteiger partial charge in [-0.2, -0.15) is 8.78 Å². The minimum absolute atomic E-state index is 0.000694. The maximum absolute atomic E-state index is 12.1. The predicted molar refractivity (Wildman–Crippen MR) is 31.1 cm³/mol. The molecule has 0 radical (unpaired) electrons. The molecule has 0 aliphatic heterocycles. The minimum atomic E-state index is -3.59. The van der Waals surface area contributed by atoms with Crippen molar-refractivity contribution in [1.82, 2.24) is 5.32 Å². The molecule has 0 spiro atoms. The average molecular weight is 153 g/mol. The van der Waals surface area contributed by atoms with Crippen molar-refractivity contribution in [3.05, 3.63) is 0 Å². The van der Waals surface area contributed by atoms with E-state index >= 15 is 0 Å². The molecule has 0 aromatic heterocycles. The van der Waals surface area contributed by atoms with Gasteiger partial charge in [0.15, 0.2) is 0 Å². The van der Waals surface area contributed by atoms with Crippen molar-refractivity contribution in [3.63, 3.8) is 0 Å². The Labute approximate surface area is 57.0 Å². The first-order valence-electron chi connectivity index (χ1n) is 2.76. The number of carboxylic acid groups (broad SMARTS) is 1. The summed E-state index contributed by atoms with van der Waals surface area (Å²) >= 11 is 0. The molecule has 0 aromatic rings. The maximum atomic E-state index is 12.1. The molecule has 0 bridgehead atoms. The number of nitrogens with one attached hydrogen (secondary N) is 1. The van der Waals surface area contributed by atoms with Crippen LogP contribution in [0.5, 0.6) is 0 Å². The van der Waals surface area contributed by atoms with E-state index in [2.05, 4.69) is 5.32 Å².